The highest BCUT2D eigenvalue weighted by Crippen LogP contribution is 2.33. The topological polar surface area (TPSA) is 9.23 Å². The van der Waals surface area contributed by atoms with Gasteiger partial charge in [0.2, 0.25) is 0 Å². The Morgan fingerprint density at radius 2 is 1.64 bits per heavy atom. The third kappa shape index (κ3) is 3.60. The van der Waals surface area contributed by atoms with Crippen LogP contribution in [0, 0.1) is 11.6 Å². The van der Waals surface area contributed by atoms with Crippen molar-refractivity contribution in [3.63, 3.8) is 0 Å². The minimum absolute atomic E-state index is 0.0135. The van der Waals surface area contributed by atoms with Crippen LogP contribution in [0.4, 0.5) is 17.6 Å². The molecule has 0 aliphatic carbocycles. The average Bonchev–Trinajstić information content (AvgIpc) is 2.59. The van der Waals surface area contributed by atoms with Crippen molar-refractivity contribution in [3.05, 3.63) is 77.4 Å². The SMILES string of the molecule is CCCc1ccc(C(F)(F)Oc2ccc3c(F)c(F)ccc3c2)cc1. The number of aryl methyl sites for hydroxylation is 1. The van der Waals surface area contributed by atoms with E-state index in [9.17, 15) is 17.6 Å². The van der Waals surface area contributed by atoms with E-state index in [4.69, 9.17) is 4.74 Å². The summed E-state index contributed by atoms with van der Waals surface area (Å²) in [5.74, 6) is -2.12. The summed E-state index contributed by atoms with van der Waals surface area (Å²) < 4.78 is 60.4. The van der Waals surface area contributed by atoms with Crippen molar-refractivity contribution < 1.29 is 22.3 Å². The molecule has 25 heavy (non-hydrogen) atoms. The summed E-state index contributed by atoms with van der Waals surface area (Å²) in [7, 11) is 0. The zero-order valence-corrected chi connectivity index (χ0v) is 13.5. The van der Waals surface area contributed by atoms with Crippen LogP contribution >= 0.6 is 0 Å². The molecule has 0 aliphatic rings. The molecule has 0 amide bonds. The van der Waals surface area contributed by atoms with E-state index in [1.807, 2.05) is 6.92 Å². The molecular formula is C20H16F4O. The Labute approximate surface area is 142 Å². The standard InChI is InChI=1S/C20H16F4O/c1-2-3-13-4-7-15(8-5-13)20(23,24)25-16-9-10-17-14(12-16)6-11-18(21)19(17)22/h4-12H,2-3H2,1H3. The lowest BCUT2D eigenvalue weighted by molar-refractivity contribution is -0.185. The van der Waals surface area contributed by atoms with E-state index >= 15 is 0 Å². The van der Waals surface area contributed by atoms with Crippen LogP contribution in [0.5, 0.6) is 5.75 Å². The van der Waals surface area contributed by atoms with Crippen LogP contribution in [0.3, 0.4) is 0 Å². The monoisotopic (exact) mass is 348 g/mol. The van der Waals surface area contributed by atoms with Crippen LogP contribution in [0.25, 0.3) is 10.8 Å². The highest BCUT2D eigenvalue weighted by molar-refractivity contribution is 5.84. The zero-order valence-electron chi connectivity index (χ0n) is 13.5. The number of rotatable bonds is 5. The Morgan fingerprint density at radius 1 is 0.920 bits per heavy atom. The third-order valence-electron chi connectivity index (χ3n) is 3.95. The van der Waals surface area contributed by atoms with Gasteiger partial charge in [0.1, 0.15) is 5.75 Å². The molecule has 0 saturated carbocycles. The number of benzene rings is 3. The van der Waals surface area contributed by atoms with Crippen molar-refractivity contribution in [2.45, 2.75) is 25.9 Å². The first-order chi connectivity index (χ1) is 11.9. The van der Waals surface area contributed by atoms with Crippen molar-refractivity contribution in [3.8, 4) is 5.75 Å². The molecule has 3 aromatic carbocycles. The maximum Gasteiger partial charge on any atom is 0.426 e. The molecule has 0 fully saturated rings. The number of halogens is 4. The number of alkyl halides is 2. The van der Waals surface area contributed by atoms with E-state index in [1.54, 1.807) is 12.1 Å². The number of hydrogen-bond acceptors (Lipinski definition) is 1. The molecule has 0 atom stereocenters. The van der Waals surface area contributed by atoms with Gasteiger partial charge in [0.15, 0.2) is 11.6 Å². The lowest BCUT2D eigenvalue weighted by Gasteiger charge is -2.19. The Morgan fingerprint density at radius 3 is 2.32 bits per heavy atom. The van der Waals surface area contributed by atoms with Crippen molar-refractivity contribution >= 4 is 10.8 Å². The molecule has 130 valence electrons. The molecule has 0 unspecified atom stereocenters. The van der Waals surface area contributed by atoms with Gasteiger partial charge in [-0.25, -0.2) is 8.78 Å². The van der Waals surface area contributed by atoms with E-state index in [1.165, 1.54) is 36.4 Å². The van der Waals surface area contributed by atoms with E-state index < -0.39 is 17.7 Å². The Hall–Kier alpha value is -2.56. The van der Waals surface area contributed by atoms with Gasteiger partial charge in [-0.15, -0.1) is 0 Å². The Bertz CT molecular complexity index is 888. The van der Waals surface area contributed by atoms with Gasteiger partial charge in [0.05, 0.1) is 5.56 Å². The fourth-order valence-corrected chi connectivity index (χ4v) is 2.67. The van der Waals surface area contributed by atoms with Crippen LogP contribution in [-0.4, -0.2) is 0 Å². The fourth-order valence-electron chi connectivity index (χ4n) is 2.67. The third-order valence-corrected chi connectivity index (χ3v) is 3.95. The normalized spacial score (nSPS) is 11.7. The molecule has 0 bridgehead atoms. The zero-order chi connectivity index (χ0) is 18.0. The summed E-state index contributed by atoms with van der Waals surface area (Å²) in [6.07, 6.45) is -1.78. The Balaban J connectivity index is 1.87. The molecule has 0 aromatic heterocycles. The molecule has 0 spiro atoms. The largest absolute Gasteiger partial charge is 0.429 e. The second-order valence-electron chi connectivity index (χ2n) is 5.81. The van der Waals surface area contributed by atoms with Gasteiger partial charge in [-0.3, -0.25) is 0 Å². The fraction of sp³-hybridized carbons (Fsp3) is 0.200. The van der Waals surface area contributed by atoms with Crippen LogP contribution in [0.2, 0.25) is 0 Å². The van der Waals surface area contributed by atoms with Gasteiger partial charge in [-0.2, -0.15) is 8.78 Å². The molecule has 1 nitrogen and oxygen atoms in total. The van der Waals surface area contributed by atoms with E-state index in [-0.39, 0.29) is 22.1 Å². The number of ether oxygens (including phenoxy) is 1. The second kappa shape index (κ2) is 6.75. The summed E-state index contributed by atoms with van der Waals surface area (Å²) in [5, 5.41) is 0.296. The maximum atomic E-state index is 14.3. The smallest absolute Gasteiger partial charge is 0.426 e. The van der Waals surface area contributed by atoms with Gasteiger partial charge in [0.25, 0.3) is 0 Å². The molecule has 3 aromatic rings. The summed E-state index contributed by atoms with van der Waals surface area (Å²) in [4.78, 5) is 0. The second-order valence-corrected chi connectivity index (χ2v) is 5.81. The molecule has 5 heteroatoms. The molecule has 0 radical (unpaired) electrons. The van der Waals surface area contributed by atoms with Crippen molar-refractivity contribution in [1.82, 2.24) is 0 Å². The molecule has 0 aliphatic heterocycles. The van der Waals surface area contributed by atoms with E-state index in [0.717, 1.165) is 24.5 Å². The van der Waals surface area contributed by atoms with Crippen LogP contribution < -0.4 is 4.74 Å². The summed E-state index contributed by atoms with van der Waals surface area (Å²) in [6, 6.07) is 11.9. The van der Waals surface area contributed by atoms with E-state index in [0.29, 0.717) is 0 Å². The molecule has 0 saturated heterocycles. The highest BCUT2D eigenvalue weighted by Gasteiger charge is 2.34. The number of fused-ring (bicyclic) bond motifs is 1. The van der Waals surface area contributed by atoms with Gasteiger partial charge >= 0.3 is 6.11 Å². The molecule has 0 N–H and O–H groups in total. The lowest BCUT2D eigenvalue weighted by atomic mass is 10.1. The minimum atomic E-state index is -3.53. The lowest BCUT2D eigenvalue weighted by Crippen LogP contribution is -2.21. The summed E-state index contributed by atoms with van der Waals surface area (Å²) in [6.45, 7) is 2.01. The molecule has 0 heterocycles. The minimum Gasteiger partial charge on any atom is -0.429 e. The first kappa shape index (κ1) is 17.3. The molecule has 3 rings (SSSR count). The van der Waals surface area contributed by atoms with Gasteiger partial charge in [0, 0.05) is 5.39 Å². The Kier molecular flexibility index (Phi) is 4.66. The van der Waals surface area contributed by atoms with Crippen LogP contribution in [0.1, 0.15) is 24.5 Å². The van der Waals surface area contributed by atoms with Crippen molar-refractivity contribution in [2.75, 3.05) is 0 Å². The van der Waals surface area contributed by atoms with Crippen molar-refractivity contribution in [1.29, 1.82) is 0 Å². The highest BCUT2D eigenvalue weighted by atomic mass is 19.3. The predicted molar refractivity (Wildman–Crippen MR) is 88.8 cm³/mol. The van der Waals surface area contributed by atoms with Gasteiger partial charge in [-0.1, -0.05) is 31.5 Å². The molecular weight excluding hydrogens is 332 g/mol. The van der Waals surface area contributed by atoms with Crippen LogP contribution in [0.15, 0.2) is 54.6 Å². The van der Waals surface area contributed by atoms with Crippen LogP contribution in [-0.2, 0) is 12.5 Å². The first-order valence-corrected chi connectivity index (χ1v) is 7.94. The maximum absolute atomic E-state index is 14.3. The number of hydrogen-bond donors (Lipinski definition) is 0. The summed E-state index contributed by atoms with van der Waals surface area (Å²) in [5.41, 5.74) is 0.711. The van der Waals surface area contributed by atoms with Crippen molar-refractivity contribution in [2.24, 2.45) is 0 Å². The van der Waals surface area contributed by atoms with E-state index in [2.05, 4.69) is 0 Å². The predicted octanol–water partition coefficient (Wildman–Crippen LogP) is 6.20. The average molecular weight is 348 g/mol. The van der Waals surface area contributed by atoms with Gasteiger partial charge in [-0.05, 0) is 53.8 Å². The quantitative estimate of drug-likeness (QED) is 0.499. The first-order valence-electron chi connectivity index (χ1n) is 7.94. The van der Waals surface area contributed by atoms with Gasteiger partial charge < -0.3 is 4.74 Å². The summed E-state index contributed by atoms with van der Waals surface area (Å²) >= 11 is 0.